The molecule has 26 heavy (non-hydrogen) atoms. The standard InChI is InChI=1S/C2H5F5N3OP3.F6N3P3/c1-2-11-14(7)9-12(3,4)8-13(5,6)10-14;1-10(2)7-11(3,4)9-12(5,6)8-10/h2H2,1H3;. The van der Waals surface area contributed by atoms with E-state index in [9.17, 15) is 46.2 Å². The Morgan fingerprint density at radius 1 is 0.500 bits per heavy atom. The van der Waals surface area contributed by atoms with Crippen molar-refractivity contribution in [3.8, 4) is 0 Å². The lowest BCUT2D eigenvalue weighted by atomic mass is 10.9. The fourth-order valence-corrected chi connectivity index (χ4v) is 10.9. The first-order valence-electron chi connectivity index (χ1n) is 5.44. The summed E-state index contributed by atoms with van der Waals surface area (Å²) >= 11 is 0. The molecule has 0 amide bonds. The average Bonchev–Trinajstić information content (AvgIpc) is 2.15. The summed E-state index contributed by atoms with van der Waals surface area (Å²) in [5.74, 6) is 0. The zero-order valence-electron chi connectivity index (χ0n) is 11.6. The molecule has 0 spiro atoms. The Morgan fingerprint density at radius 3 is 1.04 bits per heavy atom. The van der Waals surface area contributed by atoms with E-state index >= 15 is 0 Å². The Labute approximate surface area is 139 Å². The predicted molar refractivity (Wildman–Crippen MR) is 79.9 cm³/mol. The van der Waals surface area contributed by atoms with Crippen molar-refractivity contribution in [3.63, 3.8) is 0 Å². The second-order valence-corrected chi connectivity index (χ2v) is 13.8. The second kappa shape index (κ2) is 7.77. The van der Waals surface area contributed by atoms with Crippen LogP contribution < -0.4 is 0 Å². The Balaban J connectivity index is 0.000000263. The molecule has 0 fully saturated rings. The monoisotopic (exact) mass is 524 g/mol. The molecule has 0 radical (unpaired) electrons. The molecule has 1 atom stereocenters. The molecule has 2 rings (SSSR count). The van der Waals surface area contributed by atoms with E-state index < -0.39 is 46.9 Å². The van der Waals surface area contributed by atoms with Gasteiger partial charge in [-0.1, -0.05) is 0 Å². The Kier molecular flexibility index (Phi) is 7.35. The molecule has 0 saturated heterocycles. The highest BCUT2D eigenvalue weighted by atomic mass is 31.3. The maximum Gasteiger partial charge on any atom is 0.425 e. The molecule has 7 nitrogen and oxygen atoms in total. The van der Waals surface area contributed by atoms with E-state index in [0.717, 1.165) is 0 Å². The Hall–Kier alpha value is 0.570. The topological polar surface area (TPSA) is 83.4 Å². The third kappa shape index (κ3) is 8.29. The van der Waals surface area contributed by atoms with Crippen molar-refractivity contribution in [2.45, 2.75) is 6.92 Å². The van der Waals surface area contributed by atoms with E-state index in [1.54, 1.807) is 13.5 Å². The number of nitrogens with zero attached hydrogens (tertiary/aromatic N) is 6. The van der Waals surface area contributed by atoms with Gasteiger partial charge in [0.05, 0.1) is 6.61 Å². The molecule has 2 heterocycles. The third-order valence-corrected chi connectivity index (χ3v) is 12.6. The van der Waals surface area contributed by atoms with Crippen LogP contribution in [0.1, 0.15) is 6.92 Å². The van der Waals surface area contributed by atoms with Crippen molar-refractivity contribution in [1.29, 1.82) is 0 Å². The first-order chi connectivity index (χ1) is 11.3. The highest BCUT2D eigenvalue weighted by molar-refractivity contribution is 7.78. The average molecular weight is 524 g/mol. The quantitative estimate of drug-likeness (QED) is 0.261. The summed E-state index contributed by atoms with van der Waals surface area (Å²) in [6, 6.07) is 0. The highest BCUT2D eigenvalue weighted by Crippen LogP contribution is 2.83. The maximum atomic E-state index is 13.2. The summed E-state index contributed by atoms with van der Waals surface area (Å²) < 4.78 is 150. The van der Waals surface area contributed by atoms with Gasteiger partial charge in [0.1, 0.15) is 0 Å². The Morgan fingerprint density at radius 2 is 0.769 bits per heavy atom. The van der Waals surface area contributed by atoms with Crippen molar-refractivity contribution in [2.75, 3.05) is 6.61 Å². The fraction of sp³-hybridized carbons (Fsp3) is 1.00. The minimum absolute atomic E-state index is 0.350. The van der Waals surface area contributed by atoms with E-state index in [2.05, 4.69) is 13.6 Å². The van der Waals surface area contributed by atoms with Gasteiger partial charge in [-0.25, -0.2) is 0 Å². The van der Waals surface area contributed by atoms with Crippen molar-refractivity contribution in [2.24, 2.45) is 27.1 Å². The fourth-order valence-electron chi connectivity index (χ4n) is 1.11. The highest BCUT2D eigenvalue weighted by Gasteiger charge is 2.40. The number of hydrogen-bond acceptors (Lipinski definition) is 7. The lowest BCUT2D eigenvalue weighted by Crippen LogP contribution is -1.83. The van der Waals surface area contributed by atoms with Crippen LogP contribution in [0.5, 0.6) is 0 Å². The van der Waals surface area contributed by atoms with Gasteiger partial charge >= 0.3 is 46.9 Å². The van der Waals surface area contributed by atoms with Crippen molar-refractivity contribution in [1.82, 2.24) is 0 Å². The van der Waals surface area contributed by atoms with Crippen LogP contribution in [0.25, 0.3) is 0 Å². The van der Waals surface area contributed by atoms with Crippen LogP contribution in [0, 0.1) is 0 Å². The van der Waals surface area contributed by atoms with Crippen LogP contribution >= 0.6 is 46.9 Å². The molecule has 0 aliphatic carbocycles. The van der Waals surface area contributed by atoms with Crippen LogP contribution in [-0.2, 0) is 4.52 Å². The molecule has 0 N–H and O–H groups in total. The van der Waals surface area contributed by atoms with Gasteiger partial charge in [0.15, 0.2) is 0 Å². The molecule has 156 valence electrons. The lowest BCUT2D eigenvalue weighted by molar-refractivity contribution is 0.347. The summed E-state index contributed by atoms with van der Waals surface area (Å²) in [6.45, 7) is 0.919. The van der Waals surface area contributed by atoms with Crippen LogP contribution in [0.3, 0.4) is 0 Å². The lowest BCUT2D eigenvalue weighted by Gasteiger charge is -2.15. The summed E-state index contributed by atoms with van der Waals surface area (Å²) in [5, 5.41) is 0. The van der Waals surface area contributed by atoms with Gasteiger partial charge in [-0.05, 0) is 6.92 Å². The second-order valence-electron chi connectivity index (χ2n) is 3.71. The molecule has 0 saturated carbocycles. The van der Waals surface area contributed by atoms with Gasteiger partial charge in [0.2, 0.25) is 0 Å². The largest absolute Gasteiger partial charge is 0.425 e. The minimum atomic E-state index is -5.82. The molecule has 24 heteroatoms. The minimum Gasteiger partial charge on any atom is -0.303 e. The maximum absolute atomic E-state index is 13.2. The van der Waals surface area contributed by atoms with Crippen molar-refractivity contribution < 1.29 is 50.7 Å². The number of halogens is 11. The van der Waals surface area contributed by atoms with Crippen molar-refractivity contribution in [3.05, 3.63) is 0 Å². The number of hydrogen-bond donors (Lipinski definition) is 0. The molecule has 2 aliphatic heterocycles. The normalized spacial score (nSPS) is 31.8. The van der Waals surface area contributed by atoms with Crippen LogP contribution in [0.4, 0.5) is 46.2 Å². The number of rotatable bonds is 2. The van der Waals surface area contributed by atoms with Crippen LogP contribution in [0.15, 0.2) is 27.1 Å². The van der Waals surface area contributed by atoms with E-state index in [1.807, 2.05) is 4.52 Å². The molecule has 2 aliphatic rings. The van der Waals surface area contributed by atoms with Gasteiger partial charge in [-0.2, -0.15) is 4.20 Å². The van der Waals surface area contributed by atoms with Crippen LogP contribution in [0.2, 0.25) is 0 Å². The van der Waals surface area contributed by atoms with Crippen LogP contribution in [-0.4, -0.2) is 6.61 Å². The third-order valence-electron chi connectivity index (χ3n) is 1.59. The van der Waals surface area contributed by atoms with E-state index in [0.29, 0.717) is 0 Å². The molecule has 0 bridgehead atoms. The van der Waals surface area contributed by atoms with E-state index in [4.69, 9.17) is 0 Å². The van der Waals surface area contributed by atoms with Gasteiger partial charge in [0, 0.05) is 0 Å². The summed E-state index contributed by atoms with van der Waals surface area (Å²) in [7, 11) is -33.5. The van der Waals surface area contributed by atoms with E-state index in [1.165, 1.54) is 6.92 Å². The molecular formula is C2H5F11N6OP6. The first-order valence-corrected chi connectivity index (χ1v) is 14.3. The predicted octanol–water partition coefficient (Wildman–Crippen LogP) is 11.4. The van der Waals surface area contributed by atoms with Gasteiger partial charge in [-0.3, -0.25) is 0 Å². The SMILES string of the molecule is CCOP1(F)=NP(F)(F)=NP(F)(F)=N1.FP1(F)=NP(F)(F)=NP(F)(F)=N1. The van der Waals surface area contributed by atoms with Gasteiger partial charge < -0.3 is 4.52 Å². The molecular weight excluding hydrogens is 519 g/mol. The first kappa shape index (κ1) is 24.6. The summed E-state index contributed by atoms with van der Waals surface area (Å²) in [6.07, 6.45) is 0. The van der Waals surface area contributed by atoms with Crippen molar-refractivity contribution >= 4 is 46.9 Å². The zero-order chi connectivity index (χ0) is 20.7. The summed E-state index contributed by atoms with van der Waals surface area (Å²) in [4.78, 5) is 0. The molecule has 0 aromatic rings. The summed E-state index contributed by atoms with van der Waals surface area (Å²) in [5.41, 5.74) is 0. The van der Waals surface area contributed by atoms with Gasteiger partial charge in [-0.15, -0.1) is 69.1 Å². The molecule has 0 aromatic heterocycles. The van der Waals surface area contributed by atoms with E-state index in [-0.39, 0.29) is 6.61 Å². The Bertz CT molecular complexity index is 811. The zero-order valence-corrected chi connectivity index (χ0v) is 17.0. The smallest absolute Gasteiger partial charge is 0.303 e. The van der Waals surface area contributed by atoms with Gasteiger partial charge in [0.25, 0.3) is 0 Å². The molecule has 0 aromatic carbocycles. The molecule has 1 unspecified atom stereocenters.